The van der Waals surface area contributed by atoms with Crippen molar-refractivity contribution < 1.29 is 13.9 Å². The van der Waals surface area contributed by atoms with Gasteiger partial charge in [0.1, 0.15) is 17.9 Å². The van der Waals surface area contributed by atoms with Crippen LogP contribution < -0.4 is 4.74 Å². The van der Waals surface area contributed by atoms with Crippen molar-refractivity contribution in [3.8, 4) is 5.75 Å². The van der Waals surface area contributed by atoms with E-state index < -0.39 is 5.41 Å². The zero-order valence-corrected chi connectivity index (χ0v) is 7.92. The molecule has 74 valence electrons. The third-order valence-electron chi connectivity index (χ3n) is 2.73. The zero-order chi connectivity index (χ0) is 10.2. The van der Waals surface area contributed by atoms with Crippen molar-refractivity contribution in [1.29, 1.82) is 0 Å². The molecule has 0 saturated heterocycles. The lowest BCUT2D eigenvalue weighted by Crippen LogP contribution is -2.10. The van der Waals surface area contributed by atoms with Crippen LogP contribution in [0.1, 0.15) is 18.4 Å². The summed E-state index contributed by atoms with van der Waals surface area (Å²) in [4.78, 5) is 10.8. The fourth-order valence-corrected chi connectivity index (χ4v) is 1.61. The van der Waals surface area contributed by atoms with Gasteiger partial charge in [0.05, 0.1) is 12.5 Å². The van der Waals surface area contributed by atoms with Crippen molar-refractivity contribution in [1.82, 2.24) is 0 Å². The summed E-state index contributed by atoms with van der Waals surface area (Å²) >= 11 is 0. The van der Waals surface area contributed by atoms with Crippen LogP contribution in [-0.4, -0.2) is 13.4 Å². The maximum Gasteiger partial charge on any atom is 0.131 e. The van der Waals surface area contributed by atoms with Crippen molar-refractivity contribution in [2.45, 2.75) is 18.3 Å². The fraction of sp³-hybridized carbons (Fsp3) is 0.364. The monoisotopic (exact) mass is 194 g/mol. The molecule has 1 fully saturated rings. The first-order valence-corrected chi connectivity index (χ1v) is 4.52. The number of hydrogen-bond acceptors (Lipinski definition) is 2. The number of carbonyl (C=O) groups excluding carboxylic acids is 1. The van der Waals surface area contributed by atoms with E-state index in [1.807, 2.05) is 0 Å². The van der Waals surface area contributed by atoms with E-state index in [1.165, 1.54) is 13.2 Å². The van der Waals surface area contributed by atoms with Crippen LogP contribution in [0.3, 0.4) is 0 Å². The Labute approximate surface area is 81.7 Å². The lowest BCUT2D eigenvalue weighted by molar-refractivity contribution is -0.109. The van der Waals surface area contributed by atoms with Crippen LogP contribution >= 0.6 is 0 Å². The maximum absolute atomic E-state index is 13.5. The van der Waals surface area contributed by atoms with Gasteiger partial charge in [-0.05, 0) is 18.9 Å². The Hall–Kier alpha value is -1.38. The summed E-state index contributed by atoms with van der Waals surface area (Å²) in [6.07, 6.45) is 2.34. The molecule has 2 rings (SSSR count). The Morgan fingerprint density at radius 3 is 2.64 bits per heavy atom. The van der Waals surface area contributed by atoms with Crippen LogP contribution in [-0.2, 0) is 10.2 Å². The number of aldehydes is 1. The fourth-order valence-electron chi connectivity index (χ4n) is 1.61. The summed E-state index contributed by atoms with van der Waals surface area (Å²) in [5.74, 6) is 0.127. The molecular formula is C11H11FO2. The van der Waals surface area contributed by atoms with E-state index >= 15 is 0 Å². The smallest absolute Gasteiger partial charge is 0.131 e. The van der Waals surface area contributed by atoms with Gasteiger partial charge in [0.2, 0.25) is 0 Å². The van der Waals surface area contributed by atoms with Crippen molar-refractivity contribution in [3.63, 3.8) is 0 Å². The van der Waals surface area contributed by atoms with Crippen LogP contribution in [0, 0.1) is 5.82 Å². The Bertz CT molecular complexity index is 370. The summed E-state index contributed by atoms with van der Waals surface area (Å²) in [7, 11) is 1.49. The first-order valence-electron chi connectivity index (χ1n) is 4.52. The highest BCUT2D eigenvalue weighted by molar-refractivity contribution is 5.73. The van der Waals surface area contributed by atoms with Gasteiger partial charge >= 0.3 is 0 Å². The first-order chi connectivity index (χ1) is 6.72. The molecule has 0 bridgehead atoms. The molecule has 2 nitrogen and oxygen atoms in total. The molecule has 0 aromatic heterocycles. The maximum atomic E-state index is 13.5. The van der Waals surface area contributed by atoms with Crippen LogP contribution in [0.2, 0.25) is 0 Å². The van der Waals surface area contributed by atoms with Gasteiger partial charge < -0.3 is 9.53 Å². The standard InChI is InChI=1S/C11H11FO2/c1-14-8-2-3-9(10(12)6-8)11(7-13)4-5-11/h2-3,6-7H,4-5H2,1H3. The third kappa shape index (κ3) is 1.29. The van der Waals surface area contributed by atoms with Crippen molar-refractivity contribution in [2.75, 3.05) is 7.11 Å². The molecule has 0 aliphatic heterocycles. The minimum Gasteiger partial charge on any atom is -0.497 e. The molecule has 1 aliphatic carbocycles. The van der Waals surface area contributed by atoms with Crippen LogP contribution in [0.25, 0.3) is 0 Å². The Morgan fingerprint density at radius 2 is 2.21 bits per heavy atom. The van der Waals surface area contributed by atoms with Gasteiger partial charge in [0, 0.05) is 11.6 Å². The molecular weight excluding hydrogens is 183 g/mol. The number of ether oxygens (including phenoxy) is 1. The minimum absolute atomic E-state index is 0.353. The third-order valence-corrected chi connectivity index (χ3v) is 2.73. The van der Waals surface area contributed by atoms with Crippen LogP contribution in [0.15, 0.2) is 18.2 Å². The number of rotatable bonds is 3. The molecule has 3 heteroatoms. The quantitative estimate of drug-likeness (QED) is 0.688. The van der Waals surface area contributed by atoms with E-state index in [9.17, 15) is 9.18 Å². The predicted molar refractivity (Wildman–Crippen MR) is 49.9 cm³/mol. The first kappa shape index (κ1) is 9.19. The van der Waals surface area contributed by atoms with Gasteiger partial charge in [-0.15, -0.1) is 0 Å². The van der Waals surface area contributed by atoms with E-state index in [0.717, 1.165) is 19.1 Å². The zero-order valence-electron chi connectivity index (χ0n) is 7.92. The summed E-state index contributed by atoms with van der Waals surface area (Å²) in [5, 5.41) is 0. The number of hydrogen-bond donors (Lipinski definition) is 0. The van der Waals surface area contributed by atoms with Gasteiger partial charge in [0.15, 0.2) is 0 Å². The van der Waals surface area contributed by atoms with E-state index in [4.69, 9.17) is 4.74 Å². The topological polar surface area (TPSA) is 26.3 Å². The van der Waals surface area contributed by atoms with Crippen molar-refractivity contribution >= 4 is 6.29 Å². The van der Waals surface area contributed by atoms with E-state index in [-0.39, 0.29) is 5.82 Å². The Morgan fingerprint density at radius 1 is 1.50 bits per heavy atom. The molecule has 0 atom stereocenters. The highest BCUT2D eigenvalue weighted by Crippen LogP contribution is 2.47. The van der Waals surface area contributed by atoms with Crippen LogP contribution in [0.4, 0.5) is 4.39 Å². The summed E-state index contributed by atoms with van der Waals surface area (Å²) in [6.45, 7) is 0. The lowest BCUT2D eigenvalue weighted by atomic mass is 9.97. The molecule has 0 heterocycles. The van der Waals surface area contributed by atoms with Gasteiger partial charge in [0.25, 0.3) is 0 Å². The normalized spacial score (nSPS) is 17.6. The van der Waals surface area contributed by atoms with Crippen molar-refractivity contribution in [3.05, 3.63) is 29.6 Å². The average Bonchev–Trinajstić information content (AvgIpc) is 2.98. The molecule has 0 unspecified atom stereocenters. The van der Waals surface area contributed by atoms with Crippen molar-refractivity contribution in [2.24, 2.45) is 0 Å². The van der Waals surface area contributed by atoms with Gasteiger partial charge in [-0.25, -0.2) is 4.39 Å². The highest BCUT2D eigenvalue weighted by atomic mass is 19.1. The van der Waals surface area contributed by atoms with Crippen LogP contribution in [0.5, 0.6) is 5.75 Å². The lowest BCUT2D eigenvalue weighted by Gasteiger charge is -2.09. The predicted octanol–water partition coefficient (Wildman–Crippen LogP) is 2.06. The number of halogens is 1. The molecule has 14 heavy (non-hydrogen) atoms. The second kappa shape index (κ2) is 3.08. The van der Waals surface area contributed by atoms with E-state index in [0.29, 0.717) is 11.3 Å². The molecule has 0 amide bonds. The molecule has 1 saturated carbocycles. The number of benzene rings is 1. The van der Waals surface area contributed by atoms with E-state index in [2.05, 4.69) is 0 Å². The minimum atomic E-state index is -0.545. The summed E-state index contributed by atoms with van der Waals surface area (Å²) in [6, 6.07) is 4.64. The largest absolute Gasteiger partial charge is 0.497 e. The molecule has 0 spiro atoms. The molecule has 1 aromatic rings. The Kier molecular flexibility index (Phi) is 2.02. The second-order valence-corrected chi connectivity index (χ2v) is 3.62. The van der Waals surface area contributed by atoms with E-state index in [1.54, 1.807) is 12.1 Å². The second-order valence-electron chi connectivity index (χ2n) is 3.62. The molecule has 1 aromatic carbocycles. The highest BCUT2D eigenvalue weighted by Gasteiger charge is 2.46. The van der Waals surface area contributed by atoms with Gasteiger partial charge in [-0.1, -0.05) is 6.07 Å². The molecule has 0 radical (unpaired) electrons. The summed E-state index contributed by atoms with van der Waals surface area (Å²) < 4.78 is 18.4. The molecule has 0 N–H and O–H groups in total. The summed E-state index contributed by atoms with van der Waals surface area (Å²) in [5.41, 5.74) is -0.0515. The van der Waals surface area contributed by atoms with Gasteiger partial charge in [-0.3, -0.25) is 0 Å². The number of carbonyl (C=O) groups is 1. The average molecular weight is 194 g/mol. The SMILES string of the molecule is COc1ccc(C2(C=O)CC2)c(F)c1. The molecule has 1 aliphatic rings. The Balaban J connectivity index is 2.40. The number of methoxy groups -OCH3 is 1. The van der Waals surface area contributed by atoms with Gasteiger partial charge in [-0.2, -0.15) is 0 Å².